The minimum Gasteiger partial charge on any atom is -0.491 e. The summed E-state index contributed by atoms with van der Waals surface area (Å²) in [7, 11) is 0. The summed E-state index contributed by atoms with van der Waals surface area (Å²) in [6.07, 6.45) is 5.13. The number of halogens is 2. The number of hydrogen-bond donors (Lipinski definition) is 0. The van der Waals surface area contributed by atoms with E-state index in [9.17, 15) is 4.79 Å². The number of benzene rings is 1. The van der Waals surface area contributed by atoms with Crippen molar-refractivity contribution in [1.82, 2.24) is 4.98 Å². The molecule has 3 nitrogen and oxygen atoms in total. The molecule has 0 fully saturated rings. The van der Waals surface area contributed by atoms with Crippen LogP contribution in [-0.2, 0) is 6.42 Å². The Kier molecular flexibility index (Phi) is 5.10. The quantitative estimate of drug-likeness (QED) is 0.730. The molecule has 0 atom stereocenters. The molecule has 0 aliphatic carbocycles. The summed E-state index contributed by atoms with van der Waals surface area (Å²) in [5, 5.41) is 0. The van der Waals surface area contributed by atoms with Gasteiger partial charge in [0, 0.05) is 24.4 Å². The molecule has 2 rings (SSSR count). The highest BCUT2D eigenvalue weighted by Gasteiger charge is 2.08. The van der Waals surface area contributed by atoms with E-state index < -0.39 is 0 Å². The fraction of sp³-hybridized carbons (Fsp3) is 0.143. The highest BCUT2D eigenvalue weighted by atomic mass is 79.9. The molecule has 0 spiro atoms. The third kappa shape index (κ3) is 3.88. The molecule has 0 N–H and O–H groups in total. The zero-order chi connectivity index (χ0) is 13.7. The van der Waals surface area contributed by atoms with Crippen LogP contribution in [0.2, 0.25) is 0 Å². The molecule has 0 saturated carbocycles. The lowest BCUT2D eigenvalue weighted by atomic mass is 10.2. The van der Waals surface area contributed by atoms with Crippen LogP contribution in [0.15, 0.2) is 45.6 Å². The highest BCUT2D eigenvalue weighted by Crippen LogP contribution is 2.34. The van der Waals surface area contributed by atoms with Crippen LogP contribution in [0.3, 0.4) is 0 Å². The minimum absolute atomic E-state index is 0.557. The Balaban J connectivity index is 2.02. The molecule has 0 saturated heterocycles. The molecule has 0 radical (unpaired) electrons. The molecule has 0 amide bonds. The molecule has 98 valence electrons. The van der Waals surface area contributed by atoms with E-state index in [1.165, 1.54) is 5.56 Å². The third-order valence-corrected chi connectivity index (χ3v) is 3.72. The van der Waals surface area contributed by atoms with Crippen molar-refractivity contribution in [3.63, 3.8) is 0 Å². The van der Waals surface area contributed by atoms with Gasteiger partial charge in [-0.05, 0) is 61.7 Å². The topological polar surface area (TPSA) is 39.2 Å². The summed E-state index contributed by atoms with van der Waals surface area (Å²) < 4.78 is 7.27. The number of carbonyl (C=O) groups excluding carboxylic acids is 1. The second kappa shape index (κ2) is 6.82. The number of ether oxygens (including phenoxy) is 1. The molecular weight excluding hydrogens is 374 g/mol. The van der Waals surface area contributed by atoms with E-state index in [4.69, 9.17) is 4.74 Å². The number of aldehydes is 1. The first-order valence-electron chi connectivity index (χ1n) is 5.66. The molecule has 5 heteroatoms. The Morgan fingerprint density at radius 1 is 1.16 bits per heavy atom. The van der Waals surface area contributed by atoms with Crippen molar-refractivity contribution in [3.05, 3.63) is 56.7 Å². The van der Waals surface area contributed by atoms with Gasteiger partial charge in [0.05, 0.1) is 15.6 Å². The zero-order valence-electron chi connectivity index (χ0n) is 9.98. The molecule has 2 aromatic rings. The van der Waals surface area contributed by atoms with Crippen molar-refractivity contribution in [1.29, 1.82) is 0 Å². The van der Waals surface area contributed by atoms with Crippen LogP contribution in [0.25, 0.3) is 0 Å². The summed E-state index contributed by atoms with van der Waals surface area (Å²) >= 11 is 6.80. The molecule has 0 bridgehead atoms. The fourth-order valence-corrected chi connectivity index (χ4v) is 3.06. The van der Waals surface area contributed by atoms with Gasteiger partial charge in [0.25, 0.3) is 0 Å². The molecule has 0 aliphatic heterocycles. The fourth-order valence-electron chi connectivity index (χ4n) is 1.61. The van der Waals surface area contributed by atoms with Crippen molar-refractivity contribution in [2.45, 2.75) is 6.42 Å². The maximum absolute atomic E-state index is 10.7. The molecule has 0 aliphatic rings. The van der Waals surface area contributed by atoms with Gasteiger partial charge in [-0.2, -0.15) is 0 Å². The largest absolute Gasteiger partial charge is 0.491 e. The summed E-state index contributed by atoms with van der Waals surface area (Å²) in [5.74, 6) is 0.708. The Hall–Kier alpha value is -1.20. The van der Waals surface area contributed by atoms with Gasteiger partial charge in [-0.1, -0.05) is 0 Å². The van der Waals surface area contributed by atoms with E-state index in [0.717, 1.165) is 21.7 Å². The number of nitrogens with zero attached hydrogens (tertiary/aromatic N) is 1. The molecule has 0 unspecified atom stereocenters. The minimum atomic E-state index is 0.557. The maximum atomic E-state index is 10.7. The van der Waals surface area contributed by atoms with E-state index in [-0.39, 0.29) is 0 Å². The van der Waals surface area contributed by atoms with Crippen LogP contribution >= 0.6 is 31.9 Å². The van der Waals surface area contributed by atoms with Crippen LogP contribution in [-0.4, -0.2) is 17.9 Å². The smallest absolute Gasteiger partial charge is 0.150 e. The predicted molar refractivity (Wildman–Crippen MR) is 80.7 cm³/mol. The third-order valence-electron chi connectivity index (χ3n) is 2.54. The van der Waals surface area contributed by atoms with Crippen LogP contribution in [0.1, 0.15) is 15.9 Å². The summed E-state index contributed by atoms with van der Waals surface area (Å²) in [6.45, 7) is 0.557. The lowest BCUT2D eigenvalue weighted by molar-refractivity contribution is 0.112. The SMILES string of the molecule is O=Cc1cc(Br)c(OCCc2ccncc2)c(Br)c1. The van der Waals surface area contributed by atoms with Crippen molar-refractivity contribution >= 4 is 38.1 Å². The number of carbonyl (C=O) groups is 1. The van der Waals surface area contributed by atoms with Crippen molar-refractivity contribution in [2.24, 2.45) is 0 Å². The Morgan fingerprint density at radius 2 is 1.79 bits per heavy atom. The Morgan fingerprint density at radius 3 is 2.37 bits per heavy atom. The van der Waals surface area contributed by atoms with Gasteiger partial charge in [-0.25, -0.2) is 0 Å². The van der Waals surface area contributed by atoms with E-state index in [1.54, 1.807) is 24.5 Å². The first kappa shape index (κ1) is 14.2. The number of aromatic nitrogens is 1. The zero-order valence-corrected chi connectivity index (χ0v) is 13.1. The molecule has 1 aromatic carbocycles. The van der Waals surface area contributed by atoms with E-state index >= 15 is 0 Å². The molecular formula is C14H11Br2NO2. The van der Waals surface area contributed by atoms with Crippen molar-refractivity contribution in [3.8, 4) is 5.75 Å². The van der Waals surface area contributed by atoms with E-state index in [0.29, 0.717) is 17.9 Å². The average Bonchev–Trinajstić information content (AvgIpc) is 2.42. The van der Waals surface area contributed by atoms with E-state index in [2.05, 4.69) is 36.8 Å². The van der Waals surface area contributed by atoms with Gasteiger partial charge in [-0.15, -0.1) is 0 Å². The van der Waals surface area contributed by atoms with E-state index in [1.807, 2.05) is 12.1 Å². The summed E-state index contributed by atoms with van der Waals surface area (Å²) in [6, 6.07) is 7.39. The van der Waals surface area contributed by atoms with Gasteiger partial charge in [-0.3, -0.25) is 9.78 Å². The predicted octanol–water partition coefficient (Wildman–Crippen LogP) is 4.04. The second-order valence-electron chi connectivity index (χ2n) is 3.89. The van der Waals surface area contributed by atoms with Crippen molar-refractivity contribution in [2.75, 3.05) is 6.61 Å². The molecule has 1 aromatic heterocycles. The maximum Gasteiger partial charge on any atom is 0.150 e. The van der Waals surface area contributed by atoms with Gasteiger partial charge in [0.2, 0.25) is 0 Å². The van der Waals surface area contributed by atoms with Crippen LogP contribution < -0.4 is 4.74 Å². The Bertz CT molecular complexity index is 550. The van der Waals surface area contributed by atoms with Crippen LogP contribution in [0, 0.1) is 0 Å². The van der Waals surface area contributed by atoms with Gasteiger partial charge >= 0.3 is 0 Å². The summed E-state index contributed by atoms with van der Waals surface area (Å²) in [5.41, 5.74) is 1.77. The van der Waals surface area contributed by atoms with Gasteiger partial charge in [0.15, 0.2) is 0 Å². The molecule has 19 heavy (non-hydrogen) atoms. The number of hydrogen-bond acceptors (Lipinski definition) is 3. The standard InChI is InChI=1S/C14H11Br2NO2/c15-12-7-11(9-18)8-13(16)14(12)19-6-3-10-1-4-17-5-2-10/h1-2,4-5,7-9H,3,6H2. The van der Waals surface area contributed by atoms with Crippen molar-refractivity contribution < 1.29 is 9.53 Å². The Labute approximate surface area is 128 Å². The first-order valence-corrected chi connectivity index (χ1v) is 7.25. The van der Waals surface area contributed by atoms with Gasteiger partial charge < -0.3 is 4.74 Å². The monoisotopic (exact) mass is 383 g/mol. The van der Waals surface area contributed by atoms with Crippen LogP contribution in [0.5, 0.6) is 5.75 Å². The normalized spacial score (nSPS) is 10.2. The lowest BCUT2D eigenvalue weighted by Crippen LogP contribution is -2.02. The number of pyridine rings is 1. The summed E-state index contributed by atoms with van der Waals surface area (Å²) in [4.78, 5) is 14.7. The highest BCUT2D eigenvalue weighted by molar-refractivity contribution is 9.11. The first-order chi connectivity index (χ1) is 9.20. The van der Waals surface area contributed by atoms with Gasteiger partial charge in [0.1, 0.15) is 12.0 Å². The molecule has 1 heterocycles. The van der Waals surface area contributed by atoms with Crippen LogP contribution in [0.4, 0.5) is 0 Å². The average molecular weight is 385 g/mol. The lowest BCUT2D eigenvalue weighted by Gasteiger charge is -2.11. The second-order valence-corrected chi connectivity index (χ2v) is 5.59. The number of rotatable bonds is 5.